The SMILES string of the molecule is COc1cccc(NC(=O)NCCc2ccc3ccn(S(=O)(=O)c4ccc(C)cc4)c3c2)c1. The summed E-state index contributed by atoms with van der Waals surface area (Å²) in [6.45, 7) is 2.31. The van der Waals surface area contributed by atoms with Gasteiger partial charge in [0.2, 0.25) is 0 Å². The van der Waals surface area contributed by atoms with Crippen LogP contribution in [0.1, 0.15) is 11.1 Å². The van der Waals surface area contributed by atoms with E-state index in [1.165, 1.54) is 3.97 Å². The van der Waals surface area contributed by atoms with Gasteiger partial charge in [-0.3, -0.25) is 0 Å². The van der Waals surface area contributed by atoms with Gasteiger partial charge in [0, 0.05) is 29.9 Å². The number of aromatic nitrogens is 1. The number of nitrogens with zero attached hydrogens (tertiary/aromatic N) is 1. The van der Waals surface area contributed by atoms with Crippen molar-refractivity contribution in [1.82, 2.24) is 9.29 Å². The summed E-state index contributed by atoms with van der Waals surface area (Å²) in [4.78, 5) is 12.4. The predicted molar refractivity (Wildman–Crippen MR) is 129 cm³/mol. The summed E-state index contributed by atoms with van der Waals surface area (Å²) in [6, 6.07) is 21.0. The Hall–Kier alpha value is -3.78. The molecule has 0 aliphatic rings. The summed E-state index contributed by atoms with van der Waals surface area (Å²) < 4.78 is 32.7. The molecule has 1 heterocycles. The third kappa shape index (κ3) is 5.01. The third-order valence-corrected chi connectivity index (χ3v) is 7.03. The van der Waals surface area contributed by atoms with Gasteiger partial charge in [-0.2, -0.15) is 0 Å². The molecule has 0 fully saturated rings. The van der Waals surface area contributed by atoms with Gasteiger partial charge in [-0.25, -0.2) is 17.2 Å². The van der Waals surface area contributed by atoms with E-state index in [0.717, 1.165) is 16.5 Å². The fraction of sp³-hybridized carbons (Fsp3) is 0.160. The molecule has 8 heteroatoms. The molecule has 0 saturated carbocycles. The van der Waals surface area contributed by atoms with Crippen LogP contribution < -0.4 is 15.4 Å². The highest BCUT2D eigenvalue weighted by Gasteiger charge is 2.18. The van der Waals surface area contributed by atoms with Gasteiger partial charge < -0.3 is 15.4 Å². The molecule has 4 aromatic rings. The Bertz CT molecular complexity index is 1390. The van der Waals surface area contributed by atoms with Crippen LogP contribution in [0, 0.1) is 6.92 Å². The smallest absolute Gasteiger partial charge is 0.319 e. The molecule has 2 amide bonds. The molecule has 1 aromatic heterocycles. The molecule has 0 unspecified atom stereocenters. The van der Waals surface area contributed by atoms with Crippen LogP contribution in [0.15, 0.2) is 83.9 Å². The summed E-state index contributed by atoms with van der Waals surface area (Å²) >= 11 is 0. The largest absolute Gasteiger partial charge is 0.497 e. The number of anilines is 1. The van der Waals surface area contributed by atoms with Crippen LogP contribution in [0.25, 0.3) is 10.9 Å². The van der Waals surface area contributed by atoms with Crippen LogP contribution in [0.5, 0.6) is 5.75 Å². The maximum absolute atomic E-state index is 13.1. The Labute approximate surface area is 193 Å². The van der Waals surface area contributed by atoms with E-state index in [4.69, 9.17) is 4.74 Å². The number of carbonyl (C=O) groups is 1. The molecule has 2 N–H and O–H groups in total. The maximum Gasteiger partial charge on any atom is 0.319 e. The highest BCUT2D eigenvalue weighted by molar-refractivity contribution is 7.90. The zero-order valence-corrected chi connectivity index (χ0v) is 19.2. The second-order valence-corrected chi connectivity index (χ2v) is 9.50. The lowest BCUT2D eigenvalue weighted by atomic mass is 10.1. The number of hydrogen-bond donors (Lipinski definition) is 2. The zero-order valence-electron chi connectivity index (χ0n) is 18.4. The minimum Gasteiger partial charge on any atom is -0.497 e. The number of methoxy groups -OCH3 is 1. The Kier molecular flexibility index (Phi) is 6.37. The molecule has 0 bridgehead atoms. The van der Waals surface area contributed by atoms with E-state index in [1.807, 2.05) is 25.1 Å². The summed E-state index contributed by atoms with van der Waals surface area (Å²) in [5.74, 6) is 0.657. The number of nitrogens with one attached hydrogen (secondary N) is 2. The van der Waals surface area contributed by atoms with Crippen LogP contribution in [-0.4, -0.2) is 32.1 Å². The van der Waals surface area contributed by atoms with E-state index in [-0.39, 0.29) is 10.9 Å². The monoisotopic (exact) mass is 463 g/mol. The second-order valence-electron chi connectivity index (χ2n) is 7.69. The zero-order chi connectivity index (χ0) is 23.4. The van der Waals surface area contributed by atoms with Crippen molar-refractivity contribution in [2.45, 2.75) is 18.2 Å². The van der Waals surface area contributed by atoms with Crippen molar-refractivity contribution < 1.29 is 17.9 Å². The molecule has 0 spiro atoms. The topological polar surface area (TPSA) is 89.4 Å². The average molecular weight is 464 g/mol. The first-order chi connectivity index (χ1) is 15.9. The first-order valence-electron chi connectivity index (χ1n) is 10.5. The van der Waals surface area contributed by atoms with Crippen molar-refractivity contribution in [3.05, 3.63) is 90.1 Å². The van der Waals surface area contributed by atoms with Gasteiger partial charge in [-0.15, -0.1) is 0 Å². The number of rotatable bonds is 7. The van der Waals surface area contributed by atoms with E-state index >= 15 is 0 Å². The third-order valence-electron chi connectivity index (χ3n) is 5.33. The van der Waals surface area contributed by atoms with Crippen molar-refractivity contribution in [3.8, 4) is 5.75 Å². The standard InChI is InChI=1S/C25H25N3O4S/c1-18-6-10-23(11-7-18)33(30,31)28-15-13-20-9-8-19(16-24(20)28)12-14-26-25(29)27-21-4-3-5-22(17-21)32-2/h3-11,13,15-17H,12,14H2,1-2H3,(H2,26,27,29). The van der Waals surface area contributed by atoms with Crippen LogP contribution in [0.4, 0.5) is 10.5 Å². The van der Waals surface area contributed by atoms with Crippen molar-refractivity contribution in [2.24, 2.45) is 0 Å². The van der Waals surface area contributed by atoms with Crippen molar-refractivity contribution >= 4 is 32.6 Å². The second kappa shape index (κ2) is 9.38. The number of carbonyl (C=O) groups excluding carboxylic acids is 1. The molecule has 3 aromatic carbocycles. The molecule has 170 valence electrons. The Morgan fingerprint density at radius 3 is 2.55 bits per heavy atom. The van der Waals surface area contributed by atoms with Gasteiger partial charge >= 0.3 is 6.03 Å². The number of ether oxygens (including phenoxy) is 1. The number of amides is 2. The number of urea groups is 1. The quantitative estimate of drug-likeness (QED) is 0.421. The number of hydrogen-bond acceptors (Lipinski definition) is 4. The highest BCUT2D eigenvalue weighted by atomic mass is 32.2. The summed E-state index contributed by atoms with van der Waals surface area (Å²) in [5, 5.41) is 6.42. The minimum atomic E-state index is -3.70. The molecule has 0 saturated heterocycles. The van der Waals surface area contributed by atoms with E-state index in [2.05, 4.69) is 10.6 Å². The molecule has 4 rings (SSSR count). The molecule has 0 aliphatic heterocycles. The molecule has 33 heavy (non-hydrogen) atoms. The van der Waals surface area contributed by atoms with E-state index in [1.54, 1.807) is 67.9 Å². The summed E-state index contributed by atoms with van der Waals surface area (Å²) in [7, 11) is -2.14. The van der Waals surface area contributed by atoms with Gasteiger partial charge in [0.1, 0.15) is 5.75 Å². The number of benzene rings is 3. The number of aryl methyl sites for hydroxylation is 1. The fourth-order valence-corrected chi connectivity index (χ4v) is 4.88. The molecule has 0 atom stereocenters. The lowest BCUT2D eigenvalue weighted by Gasteiger charge is -2.10. The van der Waals surface area contributed by atoms with Crippen molar-refractivity contribution in [3.63, 3.8) is 0 Å². The normalized spacial score (nSPS) is 11.3. The Morgan fingerprint density at radius 2 is 1.79 bits per heavy atom. The fourth-order valence-electron chi connectivity index (χ4n) is 3.53. The van der Waals surface area contributed by atoms with Crippen molar-refractivity contribution in [2.75, 3.05) is 19.0 Å². The van der Waals surface area contributed by atoms with E-state index in [9.17, 15) is 13.2 Å². The first kappa shape index (κ1) is 22.4. The summed E-state index contributed by atoms with van der Waals surface area (Å²) in [5.41, 5.74) is 3.15. The first-order valence-corrected chi connectivity index (χ1v) is 11.9. The molecular formula is C25H25N3O4S. The molecule has 7 nitrogen and oxygen atoms in total. The Balaban J connectivity index is 1.45. The van der Waals surface area contributed by atoms with Gasteiger partial charge in [0.25, 0.3) is 10.0 Å². The summed E-state index contributed by atoms with van der Waals surface area (Å²) in [6.07, 6.45) is 2.13. The van der Waals surface area contributed by atoms with Crippen LogP contribution in [0.2, 0.25) is 0 Å². The predicted octanol–water partition coefficient (Wildman–Crippen LogP) is 4.56. The van der Waals surface area contributed by atoms with Gasteiger partial charge in [0.05, 0.1) is 17.5 Å². The van der Waals surface area contributed by atoms with Gasteiger partial charge in [-0.1, -0.05) is 35.9 Å². The van der Waals surface area contributed by atoms with Gasteiger partial charge in [-0.05, 0) is 55.3 Å². The van der Waals surface area contributed by atoms with Gasteiger partial charge in [0.15, 0.2) is 0 Å². The number of fused-ring (bicyclic) bond motifs is 1. The van der Waals surface area contributed by atoms with Crippen molar-refractivity contribution in [1.29, 1.82) is 0 Å². The average Bonchev–Trinajstić information content (AvgIpc) is 3.24. The van der Waals surface area contributed by atoms with E-state index in [0.29, 0.717) is 29.9 Å². The minimum absolute atomic E-state index is 0.242. The van der Waals surface area contributed by atoms with Crippen LogP contribution in [-0.2, 0) is 16.4 Å². The lowest BCUT2D eigenvalue weighted by Crippen LogP contribution is -2.30. The molecule has 0 aliphatic carbocycles. The van der Waals surface area contributed by atoms with E-state index < -0.39 is 10.0 Å². The maximum atomic E-state index is 13.1. The molecule has 0 radical (unpaired) electrons. The lowest BCUT2D eigenvalue weighted by molar-refractivity contribution is 0.252. The van der Waals surface area contributed by atoms with Crippen LogP contribution >= 0.6 is 0 Å². The van der Waals surface area contributed by atoms with Crippen LogP contribution in [0.3, 0.4) is 0 Å². The Morgan fingerprint density at radius 1 is 1.00 bits per heavy atom. The molecular weight excluding hydrogens is 438 g/mol. The highest BCUT2D eigenvalue weighted by Crippen LogP contribution is 2.24.